The Balaban J connectivity index is 3.65. The van der Waals surface area contributed by atoms with E-state index in [0.29, 0.717) is 0 Å². The van der Waals surface area contributed by atoms with Gasteiger partial charge in [0.25, 0.3) is 10.0 Å². The Morgan fingerprint density at radius 3 is 2.06 bits per heavy atom. The lowest BCUT2D eigenvalue weighted by atomic mass is 10.6. The second kappa shape index (κ2) is 3.80. The van der Waals surface area contributed by atoms with Crippen LogP contribution in [0.15, 0.2) is 5.03 Å². The van der Waals surface area contributed by atoms with E-state index in [-0.39, 0.29) is 11.5 Å². The number of nitrogens with one attached hydrogen (secondary N) is 1. The van der Waals surface area contributed by atoms with E-state index in [1.165, 1.54) is 20.9 Å². The highest BCUT2D eigenvalue weighted by Crippen LogP contribution is 2.16. The number of nitrogens with two attached hydrogens (primary N) is 1. The number of aryl methyl sites for hydroxylation is 1. The van der Waals surface area contributed by atoms with E-state index >= 15 is 0 Å². The number of hydrogen-bond donors (Lipinski definition) is 2. The van der Waals surface area contributed by atoms with Crippen LogP contribution in [0.1, 0.15) is 11.5 Å². The summed E-state index contributed by atoms with van der Waals surface area (Å²) in [6.07, 6.45) is 0. The molecule has 0 saturated carbocycles. The Labute approximate surface area is 93.7 Å². The standard InChI is InChI=1S/C6H12N4O4S2/c1-4-6(15(7,11)12)9-5(2)10(4)16(13,14)8-3/h8H,1-3H3,(H2,7,11,12). The summed E-state index contributed by atoms with van der Waals surface area (Å²) in [7, 11) is -6.63. The predicted octanol–water partition coefficient (Wildman–Crippen LogP) is -1.54. The topological polar surface area (TPSA) is 124 Å². The minimum atomic E-state index is -4.03. The van der Waals surface area contributed by atoms with E-state index in [0.717, 1.165) is 3.97 Å². The van der Waals surface area contributed by atoms with Crippen LogP contribution >= 0.6 is 0 Å². The average molecular weight is 268 g/mol. The lowest BCUT2D eigenvalue weighted by molar-refractivity contribution is 0.576. The van der Waals surface area contributed by atoms with E-state index < -0.39 is 25.3 Å². The average Bonchev–Trinajstić information content (AvgIpc) is 2.41. The van der Waals surface area contributed by atoms with E-state index in [1.807, 2.05) is 0 Å². The van der Waals surface area contributed by atoms with Crippen molar-refractivity contribution in [2.45, 2.75) is 18.9 Å². The summed E-state index contributed by atoms with van der Waals surface area (Å²) in [5.41, 5.74) is -0.0469. The van der Waals surface area contributed by atoms with Crippen molar-refractivity contribution in [2.75, 3.05) is 7.05 Å². The van der Waals surface area contributed by atoms with Crippen LogP contribution in [-0.2, 0) is 20.2 Å². The van der Waals surface area contributed by atoms with E-state index in [4.69, 9.17) is 5.14 Å². The van der Waals surface area contributed by atoms with Crippen molar-refractivity contribution in [3.63, 3.8) is 0 Å². The van der Waals surface area contributed by atoms with Crippen molar-refractivity contribution in [3.05, 3.63) is 11.5 Å². The van der Waals surface area contributed by atoms with Crippen LogP contribution in [0.4, 0.5) is 0 Å². The third kappa shape index (κ3) is 2.09. The molecule has 10 heteroatoms. The molecule has 0 aromatic carbocycles. The van der Waals surface area contributed by atoms with Gasteiger partial charge in [0.2, 0.25) is 0 Å². The predicted molar refractivity (Wildman–Crippen MR) is 56.5 cm³/mol. The van der Waals surface area contributed by atoms with Crippen LogP contribution < -0.4 is 9.86 Å². The molecule has 8 nitrogen and oxygen atoms in total. The van der Waals surface area contributed by atoms with Crippen LogP contribution in [0.3, 0.4) is 0 Å². The molecule has 0 spiro atoms. The lowest BCUT2D eigenvalue weighted by Crippen LogP contribution is -2.28. The van der Waals surface area contributed by atoms with Crippen molar-refractivity contribution < 1.29 is 16.8 Å². The maximum atomic E-state index is 11.6. The first-order valence-corrected chi connectivity index (χ1v) is 7.12. The molecule has 0 fully saturated rings. The molecule has 0 amide bonds. The highest BCUT2D eigenvalue weighted by Gasteiger charge is 2.25. The van der Waals surface area contributed by atoms with Gasteiger partial charge in [0, 0.05) is 7.05 Å². The minimum Gasteiger partial charge on any atom is -0.223 e. The van der Waals surface area contributed by atoms with Crippen molar-refractivity contribution in [3.8, 4) is 0 Å². The summed E-state index contributed by atoms with van der Waals surface area (Å²) in [5, 5.41) is 4.46. The SMILES string of the molecule is CNS(=O)(=O)n1c(C)nc(S(N)(=O)=O)c1C. The molecule has 1 aromatic rings. The fourth-order valence-corrected chi connectivity index (χ4v) is 3.16. The summed E-state index contributed by atoms with van der Waals surface area (Å²) >= 11 is 0. The van der Waals surface area contributed by atoms with Crippen molar-refractivity contribution in [2.24, 2.45) is 5.14 Å². The minimum absolute atomic E-state index is 0.0240. The Morgan fingerprint density at radius 1 is 1.25 bits per heavy atom. The first kappa shape index (κ1) is 13.1. The van der Waals surface area contributed by atoms with Crippen molar-refractivity contribution >= 4 is 20.2 Å². The van der Waals surface area contributed by atoms with E-state index in [1.54, 1.807) is 0 Å². The molecule has 3 N–H and O–H groups in total. The van der Waals surface area contributed by atoms with Gasteiger partial charge < -0.3 is 0 Å². The van der Waals surface area contributed by atoms with E-state index in [9.17, 15) is 16.8 Å². The maximum absolute atomic E-state index is 11.6. The smallest absolute Gasteiger partial charge is 0.223 e. The van der Waals surface area contributed by atoms with Gasteiger partial charge in [-0.3, -0.25) is 0 Å². The van der Waals surface area contributed by atoms with Crippen LogP contribution in [0, 0.1) is 13.8 Å². The fraction of sp³-hybridized carbons (Fsp3) is 0.500. The Bertz CT molecular complexity index is 613. The number of hydrogen-bond acceptors (Lipinski definition) is 5. The molecule has 0 bridgehead atoms. The van der Waals surface area contributed by atoms with Gasteiger partial charge in [-0.25, -0.2) is 27.2 Å². The van der Waals surface area contributed by atoms with Crippen LogP contribution in [0.25, 0.3) is 0 Å². The number of aromatic nitrogens is 2. The molecule has 16 heavy (non-hydrogen) atoms. The highest BCUT2D eigenvalue weighted by atomic mass is 32.2. The molecule has 0 aliphatic rings. The number of rotatable bonds is 3. The summed E-state index contributed by atoms with van der Waals surface area (Å²) in [5.74, 6) is 0.0240. The molecule has 0 unspecified atom stereocenters. The second-order valence-corrected chi connectivity index (χ2v) is 6.27. The van der Waals surface area contributed by atoms with Crippen molar-refractivity contribution in [1.29, 1.82) is 0 Å². The molecule has 0 atom stereocenters. The first-order valence-electron chi connectivity index (χ1n) is 4.14. The monoisotopic (exact) mass is 268 g/mol. The molecule has 0 saturated heterocycles. The summed E-state index contributed by atoms with van der Waals surface area (Å²) in [6, 6.07) is 0. The van der Waals surface area contributed by atoms with Crippen LogP contribution in [0.5, 0.6) is 0 Å². The van der Waals surface area contributed by atoms with Gasteiger partial charge in [-0.1, -0.05) is 0 Å². The van der Waals surface area contributed by atoms with Gasteiger partial charge in [0.05, 0.1) is 5.69 Å². The molecule has 92 valence electrons. The normalized spacial score (nSPS) is 13.0. The zero-order valence-corrected chi connectivity index (χ0v) is 10.6. The highest BCUT2D eigenvalue weighted by molar-refractivity contribution is 7.89. The Kier molecular flexibility index (Phi) is 3.11. The van der Waals surface area contributed by atoms with E-state index in [2.05, 4.69) is 9.71 Å². The zero-order valence-electron chi connectivity index (χ0n) is 8.92. The fourth-order valence-electron chi connectivity index (χ4n) is 1.32. The van der Waals surface area contributed by atoms with Gasteiger partial charge in [0.15, 0.2) is 5.03 Å². The molecule has 0 radical (unpaired) electrons. The quantitative estimate of drug-likeness (QED) is 0.687. The molecule has 0 aliphatic carbocycles. The van der Waals surface area contributed by atoms with Gasteiger partial charge in [0.1, 0.15) is 5.82 Å². The van der Waals surface area contributed by atoms with Gasteiger partial charge in [-0.2, -0.15) is 8.42 Å². The molecule has 1 rings (SSSR count). The van der Waals surface area contributed by atoms with Crippen LogP contribution in [-0.4, -0.2) is 32.8 Å². The molecular formula is C6H12N4O4S2. The van der Waals surface area contributed by atoms with Crippen molar-refractivity contribution in [1.82, 2.24) is 13.7 Å². The van der Waals surface area contributed by atoms with Gasteiger partial charge >= 0.3 is 10.2 Å². The Hall–Kier alpha value is -0.970. The van der Waals surface area contributed by atoms with Gasteiger partial charge in [-0.05, 0) is 13.8 Å². The number of sulfonamides is 1. The third-order valence-corrected chi connectivity index (χ3v) is 4.40. The zero-order chi connectivity index (χ0) is 12.7. The second-order valence-electron chi connectivity index (χ2n) is 3.07. The molecule has 0 aliphatic heterocycles. The molecule has 1 aromatic heterocycles. The lowest BCUT2D eigenvalue weighted by Gasteiger charge is -2.07. The summed E-state index contributed by atoms with van der Waals surface area (Å²) in [4.78, 5) is 3.63. The number of primary sulfonamides is 1. The summed E-state index contributed by atoms with van der Waals surface area (Å²) in [6.45, 7) is 2.69. The molecular weight excluding hydrogens is 256 g/mol. The third-order valence-electron chi connectivity index (χ3n) is 1.94. The molecule has 1 heterocycles. The van der Waals surface area contributed by atoms with Crippen LogP contribution in [0.2, 0.25) is 0 Å². The largest absolute Gasteiger partial charge is 0.306 e. The summed E-state index contributed by atoms with van der Waals surface area (Å²) < 4.78 is 48.2. The number of imidazole rings is 1. The number of nitrogens with zero attached hydrogens (tertiary/aromatic N) is 2. The van der Waals surface area contributed by atoms with Gasteiger partial charge in [-0.15, -0.1) is 0 Å². The maximum Gasteiger partial charge on any atom is 0.306 e. The first-order chi connectivity index (χ1) is 7.11. The Morgan fingerprint density at radius 2 is 1.75 bits per heavy atom.